The molecule has 0 atom stereocenters. The van der Waals surface area contributed by atoms with Gasteiger partial charge < -0.3 is 13.8 Å². The number of para-hydroxylation sites is 1. The summed E-state index contributed by atoms with van der Waals surface area (Å²) >= 11 is 0. The van der Waals surface area contributed by atoms with Crippen LogP contribution >= 0.6 is 7.60 Å². The predicted molar refractivity (Wildman–Crippen MR) is 76.7 cm³/mol. The Balaban J connectivity index is 2.97. The van der Waals surface area contributed by atoms with Crippen molar-refractivity contribution in [1.82, 2.24) is 0 Å². The summed E-state index contributed by atoms with van der Waals surface area (Å²) in [5.74, 6) is 0.697. The van der Waals surface area contributed by atoms with Crippen molar-refractivity contribution in [1.29, 1.82) is 0 Å². The highest BCUT2D eigenvalue weighted by molar-refractivity contribution is 7.53. The van der Waals surface area contributed by atoms with E-state index in [-0.39, 0.29) is 18.4 Å². The molecule has 0 N–H and O–H groups in total. The summed E-state index contributed by atoms with van der Waals surface area (Å²) in [6, 6.07) is 7.47. The fourth-order valence-electron chi connectivity index (χ4n) is 1.78. The maximum absolute atomic E-state index is 12.8. The Morgan fingerprint density at radius 3 is 2.05 bits per heavy atom. The second-order valence-corrected chi connectivity index (χ2v) is 6.85. The SMILES string of the molecule is COc1ccccc1CP(=O)(OC(C)C)OC(C)C. The average molecular weight is 286 g/mol. The minimum atomic E-state index is -3.17. The lowest BCUT2D eigenvalue weighted by Gasteiger charge is -2.23. The Morgan fingerprint density at radius 2 is 1.58 bits per heavy atom. The Morgan fingerprint density at radius 1 is 1.05 bits per heavy atom. The van der Waals surface area contributed by atoms with Crippen LogP contribution in [0.2, 0.25) is 0 Å². The summed E-state index contributed by atoms with van der Waals surface area (Å²) in [4.78, 5) is 0. The zero-order valence-corrected chi connectivity index (χ0v) is 13.1. The molecule has 0 amide bonds. The molecule has 0 fully saturated rings. The van der Waals surface area contributed by atoms with Gasteiger partial charge in [0, 0.05) is 5.56 Å². The van der Waals surface area contributed by atoms with E-state index in [4.69, 9.17) is 13.8 Å². The predicted octanol–water partition coefficient (Wildman–Crippen LogP) is 4.24. The van der Waals surface area contributed by atoms with E-state index in [2.05, 4.69) is 0 Å². The van der Waals surface area contributed by atoms with Crippen LogP contribution in [0.25, 0.3) is 0 Å². The van der Waals surface area contributed by atoms with Crippen LogP contribution in [0.3, 0.4) is 0 Å². The smallest absolute Gasteiger partial charge is 0.335 e. The molecule has 0 aliphatic carbocycles. The number of rotatable bonds is 7. The van der Waals surface area contributed by atoms with Gasteiger partial charge in [0.1, 0.15) is 5.75 Å². The minimum absolute atomic E-state index is 0.153. The van der Waals surface area contributed by atoms with Crippen LogP contribution < -0.4 is 4.74 Å². The summed E-state index contributed by atoms with van der Waals surface area (Å²) in [7, 11) is -1.58. The Bertz CT molecular complexity index is 429. The second kappa shape index (κ2) is 7.09. The Labute approximate surface area is 115 Å². The molecule has 0 aliphatic rings. The van der Waals surface area contributed by atoms with Gasteiger partial charge in [0.05, 0.1) is 25.5 Å². The van der Waals surface area contributed by atoms with Crippen molar-refractivity contribution >= 4 is 7.60 Å². The van der Waals surface area contributed by atoms with Crippen LogP contribution in [-0.2, 0) is 19.8 Å². The van der Waals surface area contributed by atoms with Gasteiger partial charge >= 0.3 is 7.60 Å². The van der Waals surface area contributed by atoms with Crippen molar-refractivity contribution in [3.05, 3.63) is 29.8 Å². The first kappa shape index (κ1) is 16.2. The van der Waals surface area contributed by atoms with Gasteiger partial charge in [-0.05, 0) is 33.8 Å². The monoisotopic (exact) mass is 286 g/mol. The molecule has 19 heavy (non-hydrogen) atoms. The van der Waals surface area contributed by atoms with Crippen LogP contribution in [0.4, 0.5) is 0 Å². The molecule has 0 heterocycles. The van der Waals surface area contributed by atoms with Gasteiger partial charge in [-0.1, -0.05) is 18.2 Å². The van der Waals surface area contributed by atoms with Crippen LogP contribution in [-0.4, -0.2) is 19.3 Å². The quantitative estimate of drug-likeness (QED) is 0.703. The van der Waals surface area contributed by atoms with E-state index in [0.717, 1.165) is 5.56 Å². The standard InChI is InChI=1S/C14H23O4P/c1-11(2)17-19(15,18-12(3)4)10-13-8-6-7-9-14(13)16-5/h6-9,11-12H,10H2,1-5H3. The van der Waals surface area contributed by atoms with Crippen LogP contribution in [0.5, 0.6) is 5.75 Å². The summed E-state index contributed by atoms with van der Waals surface area (Å²) in [5.41, 5.74) is 0.828. The molecule has 0 saturated carbocycles. The lowest BCUT2D eigenvalue weighted by molar-refractivity contribution is 0.141. The summed E-state index contributed by atoms with van der Waals surface area (Å²) in [5, 5.41) is 0. The van der Waals surface area contributed by atoms with Crippen LogP contribution in [0.1, 0.15) is 33.3 Å². The normalized spacial score (nSPS) is 12.2. The summed E-state index contributed by atoms with van der Waals surface area (Å²) in [6.45, 7) is 7.38. The number of methoxy groups -OCH3 is 1. The van der Waals surface area contributed by atoms with E-state index < -0.39 is 7.60 Å². The lowest BCUT2D eigenvalue weighted by Crippen LogP contribution is -2.09. The van der Waals surface area contributed by atoms with Crippen molar-refractivity contribution in [2.75, 3.05) is 7.11 Å². The molecular formula is C14H23O4P. The first-order chi connectivity index (χ1) is 8.86. The molecule has 1 aromatic rings. The third-order valence-corrected chi connectivity index (χ3v) is 4.51. The first-order valence-electron chi connectivity index (χ1n) is 6.44. The van der Waals surface area contributed by atoms with E-state index in [1.807, 2.05) is 52.0 Å². The molecular weight excluding hydrogens is 263 g/mol. The highest BCUT2D eigenvalue weighted by Gasteiger charge is 2.29. The zero-order valence-electron chi connectivity index (χ0n) is 12.3. The van der Waals surface area contributed by atoms with Crippen molar-refractivity contribution in [3.63, 3.8) is 0 Å². The van der Waals surface area contributed by atoms with Gasteiger partial charge in [-0.2, -0.15) is 0 Å². The van der Waals surface area contributed by atoms with Crippen LogP contribution in [0, 0.1) is 0 Å². The zero-order chi connectivity index (χ0) is 14.5. The summed E-state index contributed by atoms with van der Waals surface area (Å²) in [6.07, 6.45) is -0.0912. The Hall–Kier alpha value is -0.830. The maximum Gasteiger partial charge on any atom is 0.335 e. The van der Waals surface area contributed by atoms with Gasteiger partial charge in [-0.15, -0.1) is 0 Å². The second-order valence-electron chi connectivity index (χ2n) is 4.89. The Kier molecular flexibility index (Phi) is 6.05. The molecule has 1 rings (SSSR count). The van der Waals surface area contributed by atoms with E-state index in [9.17, 15) is 4.57 Å². The van der Waals surface area contributed by atoms with E-state index in [1.165, 1.54) is 0 Å². The third-order valence-electron chi connectivity index (χ3n) is 2.30. The highest BCUT2D eigenvalue weighted by Crippen LogP contribution is 2.54. The van der Waals surface area contributed by atoms with Crippen LogP contribution in [0.15, 0.2) is 24.3 Å². The molecule has 0 bridgehead atoms. The molecule has 1 aromatic carbocycles. The number of hydrogen-bond acceptors (Lipinski definition) is 4. The van der Waals surface area contributed by atoms with Gasteiger partial charge in [-0.3, -0.25) is 4.57 Å². The number of benzene rings is 1. The molecule has 0 radical (unpaired) electrons. The largest absolute Gasteiger partial charge is 0.496 e. The fraction of sp³-hybridized carbons (Fsp3) is 0.571. The van der Waals surface area contributed by atoms with Gasteiger partial charge in [-0.25, -0.2) is 0 Å². The van der Waals surface area contributed by atoms with Crippen molar-refractivity contribution < 1.29 is 18.3 Å². The van der Waals surface area contributed by atoms with Crippen molar-refractivity contribution in [3.8, 4) is 5.75 Å². The average Bonchev–Trinajstić information content (AvgIpc) is 2.26. The molecule has 0 aliphatic heterocycles. The maximum atomic E-state index is 12.8. The third kappa shape index (κ3) is 5.35. The molecule has 5 heteroatoms. The molecule has 108 valence electrons. The molecule has 0 spiro atoms. The molecule has 0 unspecified atom stereocenters. The minimum Gasteiger partial charge on any atom is -0.496 e. The topological polar surface area (TPSA) is 44.8 Å². The van der Waals surface area contributed by atoms with Gasteiger partial charge in [0.15, 0.2) is 0 Å². The van der Waals surface area contributed by atoms with E-state index >= 15 is 0 Å². The van der Waals surface area contributed by atoms with Crippen molar-refractivity contribution in [2.24, 2.45) is 0 Å². The molecule has 0 aromatic heterocycles. The van der Waals surface area contributed by atoms with Gasteiger partial charge in [0.2, 0.25) is 0 Å². The number of hydrogen-bond donors (Lipinski definition) is 0. The summed E-state index contributed by atoms with van der Waals surface area (Å²) < 4.78 is 29.1. The number of ether oxygens (including phenoxy) is 1. The molecule has 4 nitrogen and oxygen atoms in total. The van der Waals surface area contributed by atoms with Gasteiger partial charge in [0.25, 0.3) is 0 Å². The first-order valence-corrected chi connectivity index (χ1v) is 8.17. The van der Waals surface area contributed by atoms with E-state index in [0.29, 0.717) is 5.75 Å². The fourth-order valence-corrected chi connectivity index (χ4v) is 3.95. The molecule has 0 saturated heterocycles. The van der Waals surface area contributed by atoms with E-state index in [1.54, 1.807) is 7.11 Å². The highest BCUT2D eigenvalue weighted by atomic mass is 31.2. The van der Waals surface area contributed by atoms with Crippen molar-refractivity contribution in [2.45, 2.75) is 46.1 Å². The lowest BCUT2D eigenvalue weighted by atomic mass is 10.2.